The standard InChI is InChI=1S/C2H4Cl3NOS/c3-2(4,5)1-8(6)7/h1,6H2. The lowest BCUT2D eigenvalue weighted by Gasteiger charge is -2.05. The molecule has 0 aliphatic heterocycles. The van der Waals surface area contributed by atoms with E-state index in [1.807, 2.05) is 0 Å². The first-order chi connectivity index (χ1) is 3.42. The summed E-state index contributed by atoms with van der Waals surface area (Å²) in [7, 11) is -1.53. The maximum atomic E-state index is 10.1. The zero-order valence-electron chi connectivity index (χ0n) is 3.73. The van der Waals surface area contributed by atoms with Crippen molar-refractivity contribution < 1.29 is 4.21 Å². The molecule has 0 bridgehead atoms. The van der Waals surface area contributed by atoms with Gasteiger partial charge >= 0.3 is 0 Å². The molecule has 0 radical (unpaired) electrons. The number of rotatable bonds is 1. The Kier molecular flexibility index (Phi) is 3.62. The molecule has 0 aromatic rings. The Labute approximate surface area is 64.9 Å². The van der Waals surface area contributed by atoms with Crippen LogP contribution in [0.15, 0.2) is 0 Å². The number of nitrogens with two attached hydrogens (primary N) is 1. The van der Waals surface area contributed by atoms with Crippen LogP contribution in [0.4, 0.5) is 0 Å². The molecule has 2 N–H and O–H groups in total. The van der Waals surface area contributed by atoms with Crippen molar-refractivity contribution in [1.82, 2.24) is 0 Å². The van der Waals surface area contributed by atoms with E-state index in [1.165, 1.54) is 0 Å². The first kappa shape index (κ1) is 8.98. The van der Waals surface area contributed by atoms with E-state index < -0.39 is 14.8 Å². The van der Waals surface area contributed by atoms with Crippen molar-refractivity contribution in [1.29, 1.82) is 0 Å². The summed E-state index contributed by atoms with van der Waals surface area (Å²) in [5.41, 5.74) is 0. The predicted molar refractivity (Wildman–Crippen MR) is 37.5 cm³/mol. The van der Waals surface area contributed by atoms with Gasteiger partial charge in [0.25, 0.3) is 0 Å². The summed E-state index contributed by atoms with van der Waals surface area (Å²) in [5, 5.41) is 4.80. The van der Waals surface area contributed by atoms with Crippen LogP contribution in [0.1, 0.15) is 0 Å². The maximum absolute atomic E-state index is 10.1. The van der Waals surface area contributed by atoms with Gasteiger partial charge in [-0.05, 0) is 0 Å². The second kappa shape index (κ2) is 3.22. The monoisotopic (exact) mass is 195 g/mol. The Bertz CT molecular complexity index is 99.9. The number of halogens is 3. The Morgan fingerprint density at radius 3 is 1.88 bits per heavy atom. The summed E-state index contributed by atoms with van der Waals surface area (Å²) in [6.07, 6.45) is 0. The molecular weight excluding hydrogens is 192 g/mol. The average Bonchev–Trinajstić information content (AvgIpc) is 1.21. The van der Waals surface area contributed by atoms with Gasteiger partial charge in [-0.15, -0.1) is 0 Å². The van der Waals surface area contributed by atoms with Crippen LogP contribution in [-0.2, 0) is 11.0 Å². The maximum Gasteiger partial charge on any atom is 0.203 e. The fourth-order valence-electron chi connectivity index (χ4n) is 0.161. The van der Waals surface area contributed by atoms with Crippen molar-refractivity contribution in [3.05, 3.63) is 0 Å². The second-order valence-electron chi connectivity index (χ2n) is 1.14. The van der Waals surface area contributed by atoms with Gasteiger partial charge < -0.3 is 0 Å². The van der Waals surface area contributed by atoms with Gasteiger partial charge in [-0.2, -0.15) is 0 Å². The quantitative estimate of drug-likeness (QED) is 0.624. The van der Waals surface area contributed by atoms with Crippen molar-refractivity contribution in [3.8, 4) is 0 Å². The second-order valence-corrected chi connectivity index (χ2v) is 4.71. The highest BCUT2D eigenvalue weighted by molar-refractivity contribution is 7.82. The zero-order valence-corrected chi connectivity index (χ0v) is 6.82. The Morgan fingerprint density at radius 1 is 1.50 bits per heavy atom. The molecular formula is C2H4Cl3NOS. The molecule has 6 heteroatoms. The molecule has 0 amide bonds. The van der Waals surface area contributed by atoms with Gasteiger partial charge in [0.1, 0.15) is 0 Å². The minimum Gasteiger partial charge on any atom is -0.252 e. The fraction of sp³-hybridized carbons (Fsp3) is 1.00. The smallest absolute Gasteiger partial charge is 0.203 e. The summed E-state index contributed by atoms with van der Waals surface area (Å²) in [4.78, 5) is 0. The summed E-state index contributed by atoms with van der Waals surface area (Å²) in [6, 6.07) is 0. The third kappa shape index (κ3) is 6.98. The largest absolute Gasteiger partial charge is 0.252 e. The average molecular weight is 196 g/mol. The topological polar surface area (TPSA) is 43.1 Å². The fourth-order valence-corrected chi connectivity index (χ4v) is 1.45. The lowest BCUT2D eigenvalue weighted by molar-refractivity contribution is 0.684. The van der Waals surface area contributed by atoms with Crippen LogP contribution in [0.25, 0.3) is 0 Å². The first-order valence-corrected chi connectivity index (χ1v) is 4.13. The highest BCUT2D eigenvalue weighted by Crippen LogP contribution is 2.25. The van der Waals surface area contributed by atoms with Crippen LogP contribution < -0.4 is 5.14 Å². The number of hydrogen-bond acceptors (Lipinski definition) is 1. The molecule has 0 fully saturated rings. The number of alkyl halides is 3. The van der Waals surface area contributed by atoms with E-state index in [9.17, 15) is 4.21 Å². The lowest BCUT2D eigenvalue weighted by atomic mass is 10.9. The molecule has 0 rings (SSSR count). The van der Waals surface area contributed by atoms with Crippen LogP contribution in [-0.4, -0.2) is 13.8 Å². The third-order valence-corrected chi connectivity index (χ3v) is 1.90. The molecule has 0 aliphatic rings. The molecule has 8 heavy (non-hydrogen) atoms. The van der Waals surface area contributed by atoms with Crippen molar-refractivity contribution in [2.75, 3.05) is 5.75 Å². The summed E-state index contributed by atoms with van der Waals surface area (Å²) < 4.78 is 8.61. The first-order valence-electron chi connectivity index (χ1n) is 1.61. The molecule has 0 saturated carbocycles. The van der Waals surface area contributed by atoms with Gasteiger partial charge in [-0.1, -0.05) is 34.8 Å². The van der Waals surface area contributed by atoms with Gasteiger partial charge in [0, 0.05) is 0 Å². The summed E-state index contributed by atoms with van der Waals surface area (Å²) in [5.74, 6) is -0.127. The molecule has 0 aliphatic carbocycles. The summed E-state index contributed by atoms with van der Waals surface area (Å²) >= 11 is 15.6. The normalized spacial score (nSPS) is 16.0. The van der Waals surface area contributed by atoms with E-state index >= 15 is 0 Å². The number of hydrogen-bond donors (Lipinski definition) is 1. The zero-order chi connectivity index (χ0) is 6.78. The van der Waals surface area contributed by atoms with Crippen LogP contribution in [0.2, 0.25) is 0 Å². The van der Waals surface area contributed by atoms with Gasteiger partial charge in [0.05, 0.1) is 16.7 Å². The Hall–Kier alpha value is 0.980. The molecule has 2 nitrogen and oxygen atoms in total. The molecule has 1 atom stereocenters. The van der Waals surface area contributed by atoms with Gasteiger partial charge in [-0.25, -0.2) is 4.21 Å². The molecule has 0 saturated heterocycles. The highest BCUT2D eigenvalue weighted by Gasteiger charge is 2.21. The Morgan fingerprint density at radius 2 is 1.88 bits per heavy atom. The molecule has 0 heterocycles. The highest BCUT2D eigenvalue weighted by atomic mass is 35.6. The SMILES string of the molecule is NS(=O)CC(Cl)(Cl)Cl. The van der Waals surface area contributed by atoms with Crippen LogP contribution in [0.5, 0.6) is 0 Å². The van der Waals surface area contributed by atoms with E-state index in [0.717, 1.165) is 0 Å². The van der Waals surface area contributed by atoms with E-state index in [1.54, 1.807) is 0 Å². The van der Waals surface area contributed by atoms with Crippen molar-refractivity contribution in [3.63, 3.8) is 0 Å². The third-order valence-electron chi connectivity index (χ3n) is 0.306. The van der Waals surface area contributed by atoms with Crippen molar-refractivity contribution in [2.24, 2.45) is 5.14 Å². The van der Waals surface area contributed by atoms with E-state index in [0.29, 0.717) is 0 Å². The van der Waals surface area contributed by atoms with E-state index in [2.05, 4.69) is 0 Å². The van der Waals surface area contributed by atoms with E-state index in [4.69, 9.17) is 39.9 Å². The van der Waals surface area contributed by atoms with E-state index in [-0.39, 0.29) is 5.75 Å². The summed E-state index contributed by atoms with van der Waals surface area (Å²) in [6.45, 7) is 0. The van der Waals surface area contributed by atoms with Gasteiger partial charge in [0.2, 0.25) is 3.79 Å². The van der Waals surface area contributed by atoms with Crippen LogP contribution in [0.3, 0.4) is 0 Å². The molecule has 0 spiro atoms. The van der Waals surface area contributed by atoms with Crippen LogP contribution >= 0.6 is 34.8 Å². The van der Waals surface area contributed by atoms with Crippen LogP contribution in [0, 0.1) is 0 Å². The molecule has 0 aromatic heterocycles. The minimum absolute atomic E-state index is 0.127. The molecule has 1 unspecified atom stereocenters. The lowest BCUT2D eigenvalue weighted by Crippen LogP contribution is -2.19. The van der Waals surface area contributed by atoms with Crippen molar-refractivity contribution >= 4 is 45.8 Å². The molecule has 50 valence electrons. The predicted octanol–water partition coefficient (Wildman–Crippen LogP) is 0.979. The van der Waals surface area contributed by atoms with Gasteiger partial charge in [-0.3, -0.25) is 5.14 Å². The van der Waals surface area contributed by atoms with Crippen molar-refractivity contribution in [2.45, 2.75) is 3.79 Å². The minimum atomic E-state index is -1.53. The van der Waals surface area contributed by atoms with Gasteiger partial charge in [0.15, 0.2) is 0 Å². The Balaban J connectivity index is 3.55. The molecule has 0 aromatic carbocycles.